The number of methoxy groups -OCH3 is 1. The summed E-state index contributed by atoms with van der Waals surface area (Å²) >= 11 is 1.54. The van der Waals surface area contributed by atoms with E-state index >= 15 is 0 Å². The first-order chi connectivity index (χ1) is 12.7. The van der Waals surface area contributed by atoms with Gasteiger partial charge in [0.1, 0.15) is 11.3 Å². The number of nitrogens with zero attached hydrogens (tertiary/aromatic N) is 3. The summed E-state index contributed by atoms with van der Waals surface area (Å²) in [4.78, 5) is 32.0. The first-order valence-corrected chi connectivity index (χ1v) is 9.56. The SMILES string of the molecule is COc1ccccc1C1CNCCN1C(=O)c1cnc2n(c1=O)CCS2.Cl. The van der Waals surface area contributed by atoms with E-state index in [-0.39, 0.29) is 35.5 Å². The van der Waals surface area contributed by atoms with Crippen LogP contribution in [0.4, 0.5) is 0 Å². The van der Waals surface area contributed by atoms with E-state index in [4.69, 9.17) is 4.74 Å². The summed E-state index contributed by atoms with van der Waals surface area (Å²) in [7, 11) is 1.62. The fourth-order valence-corrected chi connectivity index (χ4v) is 4.40. The predicted molar refractivity (Wildman–Crippen MR) is 106 cm³/mol. The molecular weight excluding hydrogens is 388 g/mol. The van der Waals surface area contributed by atoms with Crippen LogP contribution in [0.2, 0.25) is 0 Å². The lowest BCUT2D eigenvalue weighted by Crippen LogP contribution is -2.50. The molecule has 0 aliphatic carbocycles. The normalized spacial score (nSPS) is 18.6. The number of rotatable bonds is 3. The number of para-hydroxylation sites is 1. The number of piperazine rings is 1. The highest BCUT2D eigenvalue weighted by atomic mass is 35.5. The predicted octanol–water partition coefficient (Wildman–Crippen LogP) is 1.57. The molecule has 1 saturated heterocycles. The number of fused-ring (bicyclic) bond motifs is 1. The number of thioether (sulfide) groups is 1. The maximum atomic E-state index is 13.2. The second-order valence-corrected chi connectivity index (χ2v) is 7.28. The maximum Gasteiger partial charge on any atom is 0.267 e. The summed E-state index contributed by atoms with van der Waals surface area (Å²) in [5.74, 6) is 1.28. The van der Waals surface area contributed by atoms with Crippen molar-refractivity contribution in [3.05, 3.63) is 51.9 Å². The molecule has 1 unspecified atom stereocenters. The molecule has 27 heavy (non-hydrogen) atoms. The third-order valence-corrected chi connectivity index (χ3v) is 5.76. The van der Waals surface area contributed by atoms with E-state index in [1.807, 2.05) is 24.3 Å². The van der Waals surface area contributed by atoms with Crippen LogP contribution in [0.3, 0.4) is 0 Å². The Morgan fingerprint density at radius 2 is 2.15 bits per heavy atom. The van der Waals surface area contributed by atoms with Gasteiger partial charge >= 0.3 is 0 Å². The van der Waals surface area contributed by atoms with Crippen LogP contribution in [0.25, 0.3) is 0 Å². The van der Waals surface area contributed by atoms with E-state index in [0.717, 1.165) is 17.1 Å². The molecule has 144 valence electrons. The quantitative estimate of drug-likeness (QED) is 0.777. The van der Waals surface area contributed by atoms with Gasteiger partial charge in [-0.3, -0.25) is 14.2 Å². The van der Waals surface area contributed by atoms with Crippen LogP contribution in [-0.2, 0) is 6.54 Å². The van der Waals surface area contributed by atoms with E-state index in [1.54, 1.807) is 28.3 Å². The number of halogens is 1. The highest BCUT2D eigenvalue weighted by Gasteiger charge is 2.32. The first-order valence-electron chi connectivity index (χ1n) is 8.58. The van der Waals surface area contributed by atoms with Gasteiger partial charge < -0.3 is 15.0 Å². The van der Waals surface area contributed by atoms with Gasteiger partial charge in [0.2, 0.25) is 0 Å². The van der Waals surface area contributed by atoms with Crippen LogP contribution in [0.1, 0.15) is 22.0 Å². The smallest absolute Gasteiger partial charge is 0.267 e. The molecular formula is C18H21ClN4O3S. The minimum Gasteiger partial charge on any atom is -0.496 e. The number of ether oxygens (including phenoxy) is 1. The highest BCUT2D eigenvalue weighted by Crippen LogP contribution is 2.31. The number of carbonyl (C=O) groups excluding carboxylic acids is 1. The van der Waals surface area contributed by atoms with Crippen LogP contribution in [-0.4, -0.2) is 52.9 Å². The molecule has 2 aliphatic rings. The van der Waals surface area contributed by atoms with E-state index in [1.165, 1.54) is 6.20 Å². The average Bonchev–Trinajstić information content (AvgIpc) is 3.17. The van der Waals surface area contributed by atoms with E-state index in [2.05, 4.69) is 10.3 Å². The van der Waals surface area contributed by atoms with Gasteiger partial charge in [0.15, 0.2) is 5.16 Å². The van der Waals surface area contributed by atoms with Crippen LogP contribution in [0.15, 0.2) is 40.4 Å². The molecule has 0 spiro atoms. The summed E-state index contributed by atoms with van der Waals surface area (Å²) in [6.45, 7) is 2.43. The number of benzene rings is 1. The molecule has 0 saturated carbocycles. The Hall–Kier alpha value is -2.03. The molecule has 0 radical (unpaired) electrons. The van der Waals surface area contributed by atoms with Crippen molar-refractivity contribution in [2.45, 2.75) is 17.7 Å². The number of aromatic nitrogens is 2. The molecule has 1 N–H and O–H groups in total. The van der Waals surface area contributed by atoms with E-state index in [9.17, 15) is 9.59 Å². The Morgan fingerprint density at radius 1 is 1.33 bits per heavy atom. The minimum atomic E-state index is -0.271. The van der Waals surface area contributed by atoms with Crippen LogP contribution >= 0.6 is 24.2 Å². The molecule has 3 heterocycles. The van der Waals surface area contributed by atoms with Crippen LogP contribution < -0.4 is 15.6 Å². The molecule has 1 atom stereocenters. The molecule has 9 heteroatoms. The molecule has 1 aromatic carbocycles. The molecule has 7 nitrogen and oxygen atoms in total. The molecule has 1 fully saturated rings. The largest absolute Gasteiger partial charge is 0.496 e. The Labute approximate surface area is 167 Å². The monoisotopic (exact) mass is 408 g/mol. The van der Waals surface area contributed by atoms with Crippen molar-refractivity contribution in [3.63, 3.8) is 0 Å². The van der Waals surface area contributed by atoms with Gasteiger partial charge in [-0.15, -0.1) is 12.4 Å². The summed E-state index contributed by atoms with van der Waals surface area (Å²) in [5, 5.41) is 4.01. The minimum absolute atomic E-state index is 0. The Morgan fingerprint density at radius 3 is 2.96 bits per heavy atom. The van der Waals surface area contributed by atoms with Crippen molar-refractivity contribution in [3.8, 4) is 5.75 Å². The molecule has 1 amide bonds. The van der Waals surface area contributed by atoms with Crippen LogP contribution in [0.5, 0.6) is 5.75 Å². The third-order valence-electron chi connectivity index (χ3n) is 4.79. The first kappa shape index (κ1) is 19.7. The molecule has 0 bridgehead atoms. The number of amides is 1. The average molecular weight is 409 g/mol. The van der Waals surface area contributed by atoms with Crippen molar-refractivity contribution in [1.82, 2.24) is 19.8 Å². The zero-order chi connectivity index (χ0) is 18.1. The zero-order valence-electron chi connectivity index (χ0n) is 14.9. The highest BCUT2D eigenvalue weighted by molar-refractivity contribution is 7.99. The van der Waals surface area contributed by atoms with E-state index in [0.29, 0.717) is 31.3 Å². The Kier molecular flexibility index (Phi) is 6.08. The molecule has 1 aromatic heterocycles. The molecule has 2 aliphatic heterocycles. The van der Waals surface area contributed by atoms with Crippen molar-refractivity contribution >= 4 is 30.1 Å². The van der Waals surface area contributed by atoms with Gasteiger partial charge in [0.05, 0.1) is 13.2 Å². The lowest BCUT2D eigenvalue weighted by atomic mass is 10.0. The zero-order valence-corrected chi connectivity index (χ0v) is 16.5. The second kappa shape index (κ2) is 8.33. The van der Waals surface area contributed by atoms with Gasteiger partial charge in [-0.1, -0.05) is 30.0 Å². The fraction of sp³-hybridized carbons (Fsp3) is 0.389. The van der Waals surface area contributed by atoms with Gasteiger partial charge in [-0.2, -0.15) is 0 Å². The summed E-state index contributed by atoms with van der Waals surface area (Å²) in [5.41, 5.74) is 0.820. The maximum absolute atomic E-state index is 13.2. The topological polar surface area (TPSA) is 76.5 Å². The number of nitrogens with one attached hydrogen (secondary N) is 1. The van der Waals surface area contributed by atoms with Gasteiger partial charge in [0, 0.05) is 43.7 Å². The second-order valence-electron chi connectivity index (χ2n) is 6.22. The van der Waals surface area contributed by atoms with Crippen LogP contribution in [0, 0.1) is 0 Å². The van der Waals surface area contributed by atoms with Crippen molar-refractivity contribution in [1.29, 1.82) is 0 Å². The van der Waals surface area contributed by atoms with E-state index < -0.39 is 0 Å². The number of hydrogen-bond donors (Lipinski definition) is 1. The standard InChI is InChI=1S/C18H20N4O3S.ClH/c1-25-15-5-3-2-4-12(15)14-11-19-6-7-21(14)16(23)13-10-20-18-22(17(13)24)8-9-26-18;/h2-5,10,14,19H,6-9,11H2,1H3;1H. The summed E-state index contributed by atoms with van der Waals surface area (Å²) in [6, 6.07) is 7.48. The Bertz CT molecular complexity index is 904. The Balaban J connectivity index is 0.00000210. The van der Waals surface area contributed by atoms with Gasteiger partial charge in [-0.05, 0) is 6.07 Å². The third kappa shape index (κ3) is 3.56. The van der Waals surface area contributed by atoms with Crippen molar-refractivity contribution in [2.75, 3.05) is 32.5 Å². The van der Waals surface area contributed by atoms with Gasteiger partial charge in [-0.25, -0.2) is 4.98 Å². The lowest BCUT2D eigenvalue weighted by Gasteiger charge is -2.37. The molecule has 2 aromatic rings. The summed E-state index contributed by atoms with van der Waals surface area (Å²) < 4.78 is 7.07. The number of hydrogen-bond acceptors (Lipinski definition) is 6. The number of carbonyl (C=O) groups is 1. The van der Waals surface area contributed by atoms with Crippen molar-refractivity contribution in [2.24, 2.45) is 0 Å². The van der Waals surface area contributed by atoms with Crippen molar-refractivity contribution < 1.29 is 9.53 Å². The fourth-order valence-electron chi connectivity index (χ4n) is 3.49. The lowest BCUT2D eigenvalue weighted by molar-refractivity contribution is 0.0628. The van der Waals surface area contributed by atoms with Gasteiger partial charge in [0.25, 0.3) is 11.5 Å². The molecule has 4 rings (SSSR count). The summed E-state index contributed by atoms with van der Waals surface area (Å²) in [6.07, 6.45) is 1.43.